The Labute approximate surface area is 124 Å². The van der Waals surface area contributed by atoms with E-state index in [9.17, 15) is 4.39 Å². The third-order valence-electron chi connectivity index (χ3n) is 3.36. The first-order valence-corrected chi connectivity index (χ1v) is 6.70. The predicted molar refractivity (Wildman–Crippen MR) is 79.4 cm³/mol. The van der Waals surface area contributed by atoms with Crippen molar-refractivity contribution in [3.63, 3.8) is 0 Å². The Morgan fingerprint density at radius 1 is 1.29 bits per heavy atom. The molecule has 0 aromatic heterocycles. The molecule has 1 atom stereocenters. The SMILES string of the molecule is COc1ccc(C#N)cc1CN[C@@H](C)c1cccc(F)c1. The van der Waals surface area contributed by atoms with Crippen molar-refractivity contribution >= 4 is 0 Å². The molecule has 2 rings (SSSR count). The van der Waals surface area contributed by atoms with Crippen LogP contribution in [0.3, 0.4) is 0 Å². The molecule has 4 heteroatoms. The molecule has 108 valence electrons. The largest absolute Gasteiger partial charge is 0.496 e. The molecule has 2 aromatic carbocycles. The highest BCUT2D eigenvalue weighted by atomic mass is 19.1. The fourth-order valence-electron chi connectivity index (χ4n) is 2.14. The number of ether oxygens (including phenoxy) is 1. The van der Waals surface area contributed by atoms with Gasteiger partial charge in [0.15, 0.2) is 0 Å². The molecule has 0 aliphatic heterocycles. The Hall–Kier alpha value is -2.38. The first-order chi connectivity index (χ1) is 10.1. The first-order valence-electron chi connectivity index (χ1n) is 6.70. The minimum atomic E-state index is -0.245. The number of hydrogen-bond acceptors (Lipinski definition) is 3. The summed E-state index contributed by atoms with van der Waals surface area (Å²) in [7, 11) is 1.60. The minimum absolute atomic E-state index is 0.00357. The fourth-order valence-corrected chi connectivity index (χ4v) is 2.14. The van der Waals surface area contributed by atoms with E-state index >= 15 is 0 Å². The number of nitrogens with zero attached hydrogens (tertiary/aromatic N) is 1. The normalized spacial score (nSPS) is 11.7. The number of nitrogens with one attached hydrogen (secondary N) is 1. The Bertz CT molecular complexity index is 664. The highest BCUT2D eigenvalue weighted by molar-refractivity contribution is 5.42. The molecular weight excluding hydrogens is 267 g/mol. The lowest BCUT2D eigenvalue weighted by Gasteiger charge is -2.16. The van der Waals surface area contributed by atoms with Gasteiger partial charge in [0.05, 0.1) is 18.7 Å². The predicted octanol–water partition coefficient (Wildman–Crippen LogP) is 3.56. The van der Waals surface area contributed by atoms with Crippen LogP contribution in [0.5, 0.6) is 5.75 Å². The molecule has 0 fully saturated rings. The molecule has 0 bridgehead atoms. The van der Waals surface area contributed by atoms with Crippen molar-refractivity contribution in [3.05, 3.63) is 65.0 Å². The van der Waals surface area contributed by atoms with Gasteiger partial charge in [-0.15, -0.1) is 0 Å². The van der Waals surface area contributed by atoms with Crippen LogP contribution in [-0.2, 0) is 6.54 Å². The van der Waals surface area contributed by atoms with E-state index in [4.69, 9.17) is 10.00 Å². The van der Waals surface area contributed by atoms with Crippen LogP contribution in [0.2, 0.25) is 0 Å². The summed E-state index contributed by atoms with van der Waals surface area (Å²) in [4.78, 5) is 0. The Morgan fingerprint density at radius 3 is 2.76 bits per heavy atom. The van der Waals surface area contributed by atoms with Gasteiger partial charge in [0, 0.05) is 18.2 Å². The first kappa shape index (κ1) is 15.0. The van der Waals surface area contributed by atoms with Gasteiger partial charge in [0.2, 0.25) is 0 Å². The number of nitriles is 1. The van der Waals surface area contributed by atoms with Gasteiger partial charge in [-0.05, 0) is 42.8 Å². The van der Waals surface area contributed by atoms with Gasteiger partial charge in [-0.2, -0.15) is 5.26 Å². The smallest absolute Gasteiger partial charge is 0.123 e. The molecule has 0 radical (unpaired) electrons. The van der Waals surface area contributed by atoms with Crippen molar-refractivity contribution < 1.29 is 9.13 Å². The fraction of sp³-hybridized carbons (Fsp3) is 0.235. The molecule has 0 heterocycles. The highest BCUT2D eigenvalue weighted by Gasteiger charge is 2.09. The second-order valence-corrected chi connectivity index (χ2v) is 4.80. The van der Waals surface area contributed by atoms with E-state index in [1.54, 1.807) is 31.4 Å². The van der Waals surface area contributed by atoms with Crippen LogP contribution < -0.4 is 10.1 Å². The van der Waals surface area contributed by atoms with Gasteiger partial charge in [0.25, 0.3) is 0 Å². The monoisotopic (exact) mass is 284 g/mol. The van der Waals surface area contributed by atoms with Crippen LogP contribution in [0.1, 0.15) is 29.7 Å². The van der Waals surface area contributed by atoms with E-state index in [2.05, 4.69) is 11.4 Å². The molecule has 0 spiro atoms. The molecule has 0 aliphatic rings. The zero-order valence-electron chi connectivity index (χ0n) is 12.1. The Balaban J connectivity index is 2.10. The molecule has 0 aliphatic carbocycles. The number of rotatable bonds is 5. The number of halogens is 1. The Kier molecular flexibility index (Phi) is 4.91. The zero-order chi connectivity index (χ0) is 15.2. The van der Waals surface area contributed by atoms with Crippen molar-refractivity contribution in [2.24, 2.45) is 0 Å². The average molecular weight is 284 g/mol. The lowest BCUT2D eigenvalue weighted by atomic mass is 10.1. The molecule has 0 saturated carbocycles. The maximum atomic E-state index is 13.2. The van der Waals surface area contributed by atoms with Gasteiger partial charge in [-0.1, -0.05) is 12.1 Å². The summed E-state index contributed by atoms with van der Waals surface area (Å²) in [5.74, 6) is 0.484. The van der Waals surface area contributed by atoms with Crippen LogP contribution in [0.15, 0.2) is 42.5 Å². The zero-order valence-corrected chi connectivity index (χ0v) is 12.1. The van der Waals surface area contributed by atoms with Crippen LogP contribution in [0.25, 0.3) is 0 Å². The van der Waals surface area contributed by atoms with Crippen LogP contribution >= 0.6 is 0 Å². The quantitative estimate of drug-likeness (QED) is 0.913. The summed E-state index contributed by atoms with van der Waals surface area (Å²) >= 11 is 0. The topological polar surface area (TPSA) is 45.0 Å². The van der Waals surface area contributed by atoms with Gasteiger partial charge < -0.3 is 10.1 Å². The summed E-state index contributed by atoms with van der Waals surface area (Å²) in [6.45, 7) is 2.51. The third kappa shape index (κ3) is 3.80. The van der Waals surface area contributed by atoms with Crippen molar-refractivity contribution in [2.45, 2.75) is 19.5 Å². The van der Waals surface area contributed by atoms with Crippen LogP contribution in [0, 0.1) is 17.1 Å². The summed E-state index contributed by atoms with van der Waals surface area (Å²) in [6.07, 6.45) is 0. The number of methoxy groups -OCH3 is 1. The number of hydrogen-bond donors (Lipinski definition) is 1. The molecule has 2 aromatic rings. The van der Waals surface area contributed by atoms with E-state index in [0.717, 1.165) is 16.9 Å². The molecule has 0 saturated heterocycles. The lowest BCUT2D eigenvalue weighted by Crippen LogP contribution is -2.18. The molecule has 1 N–H and O–H groups in total. The summed E-state index contributed by atoms with van der Waals surface area (Å²) in [5, 5.41) is 12.3. The van der Waals surface area contributed by atoms with E-state index in [0.29, 0.717) is 12.1 Å². The van der Waals surface area contributed by atoms with Gasteiger partial charge >= 0.3 is 0 Å². The van der Waals surface area contributed by atoms with E-state index < -0.39 is 0 Å². The van der Waals surface area contributed by atoms with Crippen LogP contribution in [-0.4, -0.2) is 7.11 Å². The van der Waals surface area contributed by atoms with Crippen LogP contribution in [0.4, 0.5) is 4.39 Å². The maximum absolute atomic E-state index is 13.2. The maximum Gasteiger partial charge on any atom is 0.123 e. The molecule has 3 nitrogen and oxygen atoms in total. The van der Waals surface area contributed by atoms with Crippen molar-refractivity contribution in [2.75, 3.05) is 7.11 Å². The van der Waals surface area contributed by atoms with E-state index in [1.807, 2.05) is 13.0 Å². The Morgan fingerprint density at radius 2 is 2.10 bits per heavy atom. The standard InChI is InChI=1S/C17H17FN2O/c1-12(14-4-3-5-16(18)9-14)20-11-15-8-13(10-19)6-7-17(15)21-2/h3-9,12,20H,11H2,1-2H3/t12-/m0/s1. The van der Waals surface area contributed by atoms with Crippen molar-refractivity contribution in [1.82, 2.24) is 5.32 Å². The minimum Gasteiger partial charge on any atom is -0.496 e. The molecular formula is C17H17FN2O. The van der Waals surface area contributed by atoms with Gasteiger partial charge in [-0.25, -0.2) is 4.39 Å². The average Bonchev–Trinajstić information content (AvgIpc) is 2.52. The van der Waals surface area contributed by atoms with Gasteiger partial charge in [-0.3, -0.25) is 0 Å². The highest BCUT2D eigenvalue weighted by Crippen LogP contribution is 2.21. The van der Waals surface area contributed by atoms with E-state index in [1.165, 1.54) is 12.1 Å². The van der Waals surface area contributed by atoms with Crippen molar-refractivity contribution in [1.29, 1.82) is 5.26 Å². The summed E-state index contributed by atoms with van der Waals surface area (Å²) < 4.78 is 18.5. The number of benzene rings is 2. The van der Waals surface area contributed by atoms with Crippen molar-refractivity contribution in [3.8, 4) is 11.8 Å². The van der Waals surface area contributed by atoms with Gasteiger partial charge in [0.1, 0.15) is 11.6 Å². The summed E-state index contributed by atoms with van der Waals surface area (Å²) in [6, 6.07) is 13.9. The van der Waals surface area contributed by atoms with E-state index in [-0.39, 0.29) is 11.9 Å². The second-order valence-electron chi connectivity index (χ2n) is 4.80. The third-order valence-corrected chi connectivity index (χ3v) is 3.36. The second kappa shape index (κ2) is 6.87. The lowest BCUT2D eigenvalue weighted by molar-refractivity contribution is 0.406. The molecule has 0 amide bonds. The molecule has 0 unspecified atom stereocenters. The summed E-state index contributed by atoms with van der Waals surface area (Å²) in [5.41, 5.74) is 2.37. The molecule has 21 heavy (non-hydrogen) atoms.